The van der Waals surface area contributed by atoms with E-state index in [4.69, 9.17) is 10.5 Å². The molecule has 2 aliphatic heterocycles. The maximum Gasteiger partial charge on any atom is 0.268 e. The largest absolute Gasteiger partial charge is 0.491 e. The quantitative estimate of drug-likeness (QED) is 0.690. The van der Waals surface area contributed by atoms with Gasteiger partial charge in [0.25, 0.3) is 11.8 Å². The summed E-state index contributed by atoms with van der Waals surface area (Å²) in [5, 5.41) is 10.4. The monoisotopic (exact) mass is 366 g/mol. The molecule has 1 atom stereocenters. The van der Waals surface area contributed by atoms with E-state index in [-0.39, 0.29) is 12.1 Å². The van der Waals surface area contributed by atoms with Gasteiger partial charge in [0.2, 0.25) is 5.60 Å². The number of likely N-dealkylation sites (tertiary alicyclic amines) is 1. The van der Waals surface area contributed by atoms with Gasteiger partial charge in [0.05, 0.1) is 12.1 Å². The van der Waals surface area contributed by atoms with Crippen LogP contribution in [0.4, 0.5) is 0 Å². The molecule has 3 heterocycles. The first-order chi connectivity index (χ1) is 12.9. The topological polar surface area (TPSA) is 111 Å². The Hall–Kier alpha value is -3.31. The molecule has 27 heavy (non-hydrogen) atoms. The number of nitrogens with two attached hydrogens (primary N) is 1. The number of aromatic nitrogens is 2. The molecule has 1 fully saturated rings. The second-order valence-electron chi connectivity index (χ2n) is 6.65. The van der Waals surface area contributed by atoms with Gasteiger partial charge in [-0.25, -0.2) is 4.98 Å². The van der Waals surface area contributed by atoms with Gasteiger partial charge in [-0.05, 0) is 18.2 Å². The van der Waals surface area contributed by atoms with Crippen molar-refractivity contribution in [1.29, 1.82) is 0 Å². The fourth-order valence-corrected chi connectivity index (χ4v) is 3.23. The fourth-order valence-electron chi connectivity index (χ4n) is 3.23. The Bertz CT molecular complexity index is 1020. The lowest BCUT2D eigenvalue weighted by Gasteiger charge is -2.13. The van der Waals surface area contributed by atoms with Crippen LogP contribution in [-0.2, 0) is 11.3 Å². The van der Waals surface area contributed by atoms with Crippen molar-refractivity contribution in [1.82, 2.24) is 14.5 Å². The normalized spacial score (nSPS) is 20.8. The number of hydrogen-bond donors (Lipinski definition) is 2. The summed E-state index contributed by atoms with van der Waals surface area (Å²) in [6.45, 7) is 1.43. The molecule has 0 spiro atoms. The van der Waals surface area contributed by atoms with Gasteiger partial charge >= 0.3 is 0 Å². The fraction of sp³-hybridized carbons (Fsp3) is 0.316. The molecule has 4 rings (SSSR count). The summed E-state index contributed by atoms with van der Waals surface area (Å²) < 4.78 is 7.55. The number of likely N-dealkylation sites (N-methyl/N-ethyl adjacent to an activating group) is 1. The third-order valence-electron chi connectivity index (χ3n) is 4.76. The van der Waals surface area contributed by atoms with E-state index in [1.54, 1.807) is 31.4 Å². The van der Waals surface area contributed by atoms with E-state index in [0.717, 1.165) is 0 Å². The number of amides is 2. The van der Waals surface area contributed by atoms with Gasteiger partial charge in [-0.3, -0.25) is 9.59 Å². The van der Waals surface area contributed by atoms with Crippen LogP contribution >= 0.6 is 0 Å². The van der Waals surface area contributed by atoms with Gasteiger partial charge in [0.1, 0.15) is 23.9 Å². The van der Waals surface area contributed by atoms with E-state index in [0.29, 0.717) is 42.4 Å². The van der Waals surface area contributed by atoms with Crippen molar-refractivity contribution in [2.45, 2.75) is 18.6 Å². The van der Waals surface area contributed by atoms with Crippen molar-refractivity contribution >= 4 is 11.8 Å². The highest BCUT2D eigenvalue weighted by Crippen LogP contribution is 2.33. The number of nitrogens with zero attached hydrogens (tertiary/aromatic N) is 3. The number of primary amides is 1. The van der Waals surface area contributed by atoms with Crippen molar-refractivity contribution in [3.63, 3.8) is 0 Å². The molecule has 2 aliphatic rings. The number of benzene rings is 1. The molecule has 3 N–H and O–H groups in total. The lowest BCUT2D eigenvalue weighted by molar-refractivity contribution is -0.137. The second-order valence-corrected chi connectivity index (χ2v) is 6.65. The van der Waals surface area contributed by atoms with E-state index in [9.17, 15) is 14.7 Å². The molecule has 1 aromatic heterocycles. The van der Waals surface area contributed by atoms with Crippen molar-refractivity contribution in [2.75, 3.05) is 20.2 Å². The average molecular weight is 366 g/mol. The summed E-state index contributed by atoms with van der Waals surface area (Å²) in [4.78, 5) is 29.3. The lowest BCUT2D eigenvalue weighted by atomic mass is 10.0. The molecule has 0 saturated carbocycles. The number of aliphatic hydroxyl groups is 1. The summed E-state index contributed by atoms with van der Waals surface area (Å²) >= 11 is 0. The van der Waals surface area contributed by atoms with Gasteiger partial charge in [0, 0.05) is 31.8 Å². The molecule has 0 radical (unpaired) electrons. The summed E-state index contributed by atoms with van der Waals surface area (Å²) in [6.07, 6.45) is 1.87. The van der Waals surface area contributed by atoms with Crippen LogP contribution in [0.3, 0.4) is 0 Å². The number of carbonyl (C=O) groups excluding carboxylic acids is 2. The highest BCUT2D eigenvalue weighted by atomic mass is 16.5. The van der Waals surface area contributed by atoms with Crippen LogP contribution in [-0.4, -0.2) is 57.2 Å². The van der Waals surface area contributed by atoms with Gasteiger partial charge in [-0.2, -0.15) is 0 Å². The van der Waals surface area contributed by atoms with Crippen LogP contribution in [0.2, 0.25) is 0 Å². The molecule has 8 heteroatoms. The predicted octanol–water partition coefficient (Wildman–Crippen LogP) is -0.0139. The molecular formula is C19H18N4O4. The van der Waals surface area contributed by atoms with E-state index in [2.05, 4.69) is 16.8 Å². The molecule has 8 nitrogen and oxygen atoms in total. The standard InChI is InChI=1S/C19H18N4O4/c1-22-7-6-19(26,18(22)25)5-4-12-2-3-15-13(10-12)17-21-14(16(20)24)11-23(17)8-9-27-15/h2-3,10-11,26H,6-9H2,1H3,(H2,20,24). The molecule has 0 bridgehead atoms. The minimum atomic E-state index is -1.66. The van der Waals surface area contributed by atoms with E-state index in [1.807, 2.05) is 4.57 Å². The molecule has 0 aliphatic carbocycles. The zero-order valence-corrected chi connectivity index (χ0v) is 14.7. The first-order valence-electron chi connectivity index (χ1n) is 8.53. The molecule has 138 valence electrons. The van der Waals surface area contributed by atoms with Crippen molar-refractivity contribution < 1.29 is 19.4 Å². The Morgan fingerprint density at radius 2 is 2.22 bits per heavy atom. The Morgan fingerprint density at radius 1 is 1.41 bits per heavy atom. The molecule has 1 aromatic carbocycles. The Labute approximate surface area is 155 Å². The Kier molecular flexibility index (Phi) is 3.89. The zero-order valence-electron chi connectivity index (χ0n) is 14.7. The molecular weight excluding hydrogens is 348 g/mol. The minimum absolute atomic E-state index is 0.184. The number of imidazole rings is 1. The first kappa shape index (κ1) is 17.1. The number of rotatable bonds is 1. The van der Waals surface area contributed by atoms with Crippen LogP contribution in [0.15, 0.2) is 24.4 Å². The van der Waals surface area contributed by atoms with Crippen LogP contribution in [0.25, 0.3) is 11.4 Å². The smallest absolute Gasteiger partial charge is 0.268 e. The second kappa shape index (κ2) is 6.14. The summed E-state index contributed by atoms with van der Waals surface area (Å²) in [6, 6.07) is 5.29. The summed E-state index contributed by atoms with van der Waals surface area (Å²) in [5.74, 6) is 5.77. The molecule has 1 saturated heterocycles. The van der Waals surface area contributed by atoms with Gasteiger partial charge in [-0.15, -0.1) is 0 Å². The van der Waals surface area contributed by atoms with E-state index in [1.165, 1.54) is 4.90 Å². The van der Waals surface area contributed by atoms with Crippen LogP contribution in [0.5, 0.6) is 5.75 Å². The lowest BCUT2D eigenvalue weighted by Crippen LogP contribution is -2.37. The minimum Gasteiger partial charge on any atom is -0.491 e. The molecule has 2 amide bonds. The summed E-state index contributed by atoms with van der Waals surface area (Å²) in [5.41, 5.74) is 5.14. The van der Waals surface area contributed by atoms with E-state index < -0.39 is 17.4 Å². The van der Waals surface area contributed by atoms with Gasteiger partial charge in [-0.1, -0.05) is 11.8 Å². The van der Waals surface area contributed by atoms with Gasteiger partial charge < -0.3 is 25.0 Å². The van der Waals surface area contributed by atoms with Crippen molar-refractivity contribution in [3.8, 4) is 29.0 Å². The summed E-state index contributed by atoms with van der Waals surface area (Å²) in [7, 11) is 1.64. The van der Waals surface area contributed by atoms with Crippen molar-refractivity contribution in [2.24, 2.45) is 5.73 Å². The van der Waals surface area contributed by atoms with E-state index >= 15 is 0 Å². The Balaban J connectivity index is 1.74. The highest BCUT2D eigenvalue weighted by molar-refractivity contribution is 5.92. The molecule has 2 aromatic rings. The number of ether oxygens (including phenoxy) is 1. The van der Waals surface area contributed by atoms with Gasteiger partial charge in [0.15, 0.2) is 0 Å². The average Bonchev–Trinajstić information content (AvgIpc) is 3.13. The zero-order chi connectivity index (χ0) is 19.2. The first-order valence-corrected chi connectivity index (χ1v) is 8.53. The Morgan fingerprint density at radius 3 is 2.93 bits per heavy atom. The number of carbonyl (C=O) groups is 2. The molecule has 1 unspecified atom stereocenters. The maximum atomic E-state index is 12.1. The highest BCUT2D eigenvalue weighted by Gasteiger charge is 2.42. The SMILES string of the molecule is CN1CCC(O)(C#Cc2ccc3c(c2)-c2nc(C(N)=O)cn2CCO3)C1=O. The van der Waals surface area contributed by atoms with Crippen molar-refractivity contribution in [3.05, 3.63) is 35.7 Å². The van der Waals surface area contributed by atoms with Crippen LogP contribution in [0, 0.1) is 11.8 Å². The predicted molar refractivity (Wildman–Crippen MR) is 95.8 cm³/mol. The third kappa shape index (κ3) is 2.92. The maximum absolute atomic E-state index is 12.1. The van der Waals surface area contributed by atoms with Crippen LogP contribution in [0.1, 0.15) is 22.5 Å². The third-order valence-corrected chi connectivity index (χ3v) is 4.76. The number of hydrogen-bond acceptors (Lipinski definition) is 5. The number of fused-ring (bicyclic) bond motifs is 3. The van der Waals surface area contributed by atoms with Crippen LogP contribution < -0.4 is 10.5 Å².